The van der Waals surface area contributed by atoms with Gasteiger partial charge >= 0.3 is 25.8 Å². The third kappa shape index (κ3) is 4.06. The van der Waals surface area contributed by atoms with Crippen LogP contribution in [0.5, 0.6) is 0 Å². The van der Waals surface area contributed by atoms with Crippen molar-refractivity contribution in [3.05, 3.63) is 33.4 Å². The van der Waals surface area contributed by atoms with Crippen LogP contribution in [0.3, 0.4) is 0 Å². The Morgan fingerprint density at radius 1 is 1.23 bits per heavy atom. The molecule has 0 bridgehead atoms. The number of benzene rings is 1. The Kier molecular flexibility index (Phi) is 5.94. The summed E-state index contributed by atoms with van der Waals surface area (Å²) in [7, 11) is 0. The molecule has 0 heterocycles. The largest absolute Gasteiger partial charge is 0.458 e. The van der Waals surface area contributed by atoms with Gasteiger partial charge in [-0.15, -0.1) is 0 Å². The molecule has 122 valence electrons. The van der Waals surface area contributed by atoms with Gasteiger partial charge in [-0.3, -0.25) is 0 Å². The lowest BCUT2D eigenvalue weighted by Gasteiger charge is -2.36. The molecular weight excluding hydrogens is 395 g/mol. The lowest BCUT2D eigenvalue weighted by Crippen LogP contribution is -2.36. The molecule has 5 heteroatoms. The smallest absolute Gasteiger partial charge is 0.341 e. The number of carbonyl (C=O) groups is 1. The predicted molar refractivity (Wildman–Crippen MR) is 91.1 cm³/mol. The maximum absolute atomic E-state index is 12.4. The summed E-state index contributed by atoms with van der Waals surface area (Å²) < 4.78 is 28.6. The number of ether oxygens (including phenoxy) is 1. The van der Waals surface area contributed by atoms with Crippen LogP contribution in [0.15, 0.2) is 24.3 Å². The Hall–Kier alpha value is -0.980. The molecule has 1 aliphatic rings. The highest BCUT2D eigenvalue weighted by Gasteiger charge is 2.34. The third-order valence-electron chi connectivity index (χ3n) is 4.48. The molecule has 1 fully saturated rings. The van der Waals surface area contributed by atoms with Crippen LogP contribution in [0.25, 0.3) is 0 Å². The molecule has 0 saturated heterocycles. The van der Waals surface area contributed by atoms with Gasteiger partial charge in [0.1, 0.15) is 6.10 Å². The van der Waals surface area contributed by atoms with E-state index in [9.17, 15) is 10.9 Å². The minimum absolute atomic E-state index is 0.120. The van der Waals surface area contributed by atoms with E-state index in [2.05, 4.69) is 20.8 Å². The first-order valence-electron chi connectivity index (χ1n) is 7.75. The first-order chi connectivity index (χ1) is 10.4. The highest BCUT2D eigenvalue weighted by atomic mass is 127. The molecule has 0 N–H and O–H groups in total. The fourth-order valence-corrected chi connectivity index (χ4v) is 4.59. The lowest BCUT2D eigenvalue weighted by molar-refractivity contribution is -0.0175. The van der Waals surface area contributed by atoms with Crippen molar-refractivity contribution in [3.63, 3.8) is 0 Å². The fourth-order valence-electron chi connectivity index (χ4n) is 3.21. The minimum atomic E-state index is -3.70. The van der Waals surface area contributed by atoms with Crippen molar-refractivity contribution >= 4 is 25.8 Å². The van der Waals surface area contributed by atoms with Crippen LogP contribution in [-0.4, -0.2) is 12.1 Å². The average Bonchev–Trinajstić information content (AvgIpc) is 2.46. The van der Waals surface area contributed by atoms with Crippen molar-refractivity contribution < 1.29 is 15.7 Å². The number of carbonyl (C=O) groups excluding carboxylic acids is 1. The molecule has 0 amide bonds. The normalized spacial score (nSPS) is 25.4. The molecule has 0 spiro atoms. The van der Waals surface area contributed by atoms with E-state index in [-0.39, 0.29) is 15.2 Å². The second kappa shape index (κ2) is 7.53. The second-order valence-corrected chi connectivity index (χ2v) is 8.87. The Bertz CT molecular complexity index is 598. The summed E-state index contributed by atoms with van der Waals surface area (Å²) in [6.45, 7) is 6.47. The molecule has 1 aromatic carbocycles. The average molecular weight is 418 g/mol. The van der Waals surface area contributed by atoms with Crippen molar-refractivity contribution in [3.8, 4) is 0 Å². The van der Waals surface area contributed by atoms with Crippen molar-refractivity contribution in [1.29, 1.82) is 0 Å². The van der Waals surface area contributed by atoms with Gasteiger partial charge in [-0.05, 0) is 42.7 Å². The standard InChI is InChI=1S/C17H23IO4/c1-11(2)13-9-8-12(3)10-16(13)22-17(19)14-6-4-5-7-15(14)18(20)21/h4-7,11-13,16H,8-10H2,1-3H3/t12-,13+,16-/m0/s1. The van der Waals surface area contributed by atoms with Crippen molar-refractivity contribution in [2.24, 2.45) is 17.8 Å². The van der Waals surface area contributed by atoms with Gasteiger partial charge in [0, 0.05) is 0 Å². The topological polar surface area (TPSA) is 60.4 Å². The Morgan fingerprint density at radius 3 is 2.55 bits per heavy atom. The number of rotatable bonds is 4. The zero-order valence-electron chi connectivity index (χ0n) is 13.3. The maximum Gasteiger partial charge on any atom is 0.341 e. The van der Waals surface area contributed by atoms with Gasteiger partial charge in [-0.1, -0.05) is 39.3 Å². The predicted octanol–water partition coefficient (Wildman–Crippen LogP) is 4.67. The summed E-state index contributed by atoms with van der Waals surface area (Å²) in [5, 5.41) is 0. The SMILES string of the molecule is CC(C)[C@H]1CC[C@H](C)C[C@@H]1OC(=O)c1ccccc1I(=O)=O. The van der Waals surface area contributed by atoms with Gasteiger partial charge in [0.05, 0.1) is 9.13 Å². The molecule has 0 unspecified atom stereocenters. The summed E-state index contributed by atoms with van der Waals surface area (Å²) in [6.07, 6.45) is 2.95. The molecule has 3 atom stereocenters. The van der Waals surface area contributed by atoms with Gasteiger partial charge in [-0.2, -0.15) is 0 Å². The van der Waals surface area contributed by atoms with Gasteiger partial charge in [0.25, 0.3) is 0 Å². The van der Waals surface area contributed by atoms with Crippen LogP contribution in [0, 0.1) is 21.3 Å². The van der Waals surface area contributed by atoms with Crippen LogP contribution in [0.1, 0.15) is 50.4 Å². The lowest BCUT2D eigenvalue weighted by atomic mass is 9.75. The van der Waals surface area contributed by atoms with Crippen molar-refractivity contribution in [2.45, 2.75) is 46.1 Å². The number of esters is 1. The third-order valence-corrected chi connectivity index (χ3v) is 6.37. The van der Waals surface area contributed by atoms with Crippen LogP contribution >= 0.6 is 19.8 Å². The van der Waals surface area contributed by atoms with E-state index in [0.717, 1.165) is 19.3 Å². The van der Waals surface area contributed by atoms with E-state index >= 15 is 0 Å². The van der Waals surface area contributed by atoms with Crippen LogP contribution in [0.2, 0.25) is 0 Å². The summed E-state index contributed by atoms with van der Waals surface area (Å²) in [5.74, 6) is 0.823. The van der Waals surface area contributed by atoms with E-state index < -0.39 is 25.8 Å². The molecule has 0 aliphatic heterocycles. The minimum Gasteiger partial charge on any atom is -0.458 e. The zero-order valence-corrected chi connectivity index (χ0v) is 15.4. The van der Waals surface area contributed by atoms with E-state index in [0.29, 0.717) is 17.8 Å². The molecule has 4 nitrogen and oxygen atoms in total. The van der Waals surface area contributed by atoms with Gasteiger partial charge in [0.2, 0.25) is 0 Å². The second-order valence-electron chi connectivity index (χ2n) is 6.47. The van der Waals surface area contributed by atoms with E-state index in [1.54, 1.807) is 12.1 Å². The van der Waals surface area contributed by atoms with Crippen molar-refractivity contribution in [2.75, 3.05) is 0 Å². The fraction of sp³-hybridized carbons (Fsp3) is 0.588. The molecule has 1 aliphatic carbocycles. The Balaban J connectivity index is 2.20. The van der Waals surface area contributed by atoms with Crippen LogP contribution in [0.4, 0.5) is 0 Å². The van der Waals surface area contributed by atoms with E-state index in [1.165, 1.54) is 12.1 Å². The molecule has 0 aromatic heterocycles. The first-order valence-corrected chi connectivity index (χ1v) is 10.6. The number of hydrogen-bond donors (Lipinski definition) is 0. The molecule has 22 heavy (non-hydrogen) atoms. The maximum atomic E-state index is 12.4. The number of halogens is 1. The van der Waals surface area contributed by atoms with Gasteiger partial charge < -0.3 is 4.74 Å². The summed E-state index contributed by atoms with van der Waals surface area (Å²) in [6, 6.07) is 6.31. The van der Waals surface area contributed by atoms with Gasteiger partial charge in [-0.25, -0.2) is 10.9 Å². The van der Waals surface area contributed by atoms with Gasteiger partial charge in [0.15, 0.2) is 0 Å². The van der Waals surface area contributed by atoms with E-state index in [4.69, 9.17) is 4.74 Å². The van der Waals surface area contributed by atoms with Crippen molar-refractivity contribution in [1.82, 2.24) is 0 Å². The summed E-state index contributed by atoms with van der Waals surface area (Å²) >= 11 is -3.70. The highest BCUT2D eigenvalue weighted by molar-refractivity contribution is 14.2. The molecule has 0 radical (unpaired) electrons. The molecule has 1 aromatic rings. The van der Waals surface area contributed by atoms with Crippen LogP contribution in [-0.2, 0) is 10.9 Å². The Labute approximate surface area is 138 Å². The summed E-state index contributed by atoms with van der Waals surface area (Å²) in [5.41, 5.74) is 0.179. The van der Waals surface area contributed by atoms with E-state index in [1.807, 2.05) is 0 Å². The summed E-state index contributed by atoms with van der Waals surface area (Å²) in [4.78, 5) is 12.4. The highest BCUT2D eigenvalue weighted by Crippen LogP contribution is 2.36. The number of hydrogen-bond acceptors (Lipinski definition) is 4. The molecular formula is C17H23IO4. The zero-order chi connectivity index (χ0) is 16.3. The molecule has 1 saturated carbocycles. The Morgan fingerprint density at radius 2 is 1.91 bits per heavy atom. The first kappa shape index (κ1) is 17.4. The molecule has 2 rings (SSSR count). The quantitative estimate of drug-likeness (QED) is 0.527. The van der Waals surface area contributed by atoms with Crippen LogP contribution < -0.4 is 0 Å². The monoisotopic (exact) mass is 418 g/mol.